The summed E-state index contributed by atoms with van der Waals surface area (Å²) in [5, 5.41) is 10.9. The molecule has 2 unspecified atom stereocenters. The van der Waals surface area contributed by atoms with Crippen LogP contribution in [0.2, 0.25) is 0 Å². The lowest BCUT2D eigenvalue weighted by molar-refractivity contribution is 0.596. The molecule has 0 amide bonds. The second-order valence-corrected chi connectivity index (χ2v) is 4.74. The molecule has 1 heterocycles. The first-order chi connectivity index (χ1) is 8.19. The van der Waals surface area contributed by atoms with Crippen LogP contribution in [0.25, 0.3) is 0 Å². The number of nitrogens with zero attached hydrogens (tertiary/aromatic N) is 3. The van der Waals surface area contributed by atoms with Gasteiger partial charge < -0.3 is 10.6 Å². The second kappa shape index (κ2) is 6.96. The number of rotatable bonds is 4. The number of aryl methyl sites for hydroxylation is 1. The fourth-order valence-electron chi connectivity index (χ4n) is 1.77. The van der Waals surface area contributed by atoms with E-state index in [0.29, 0.717) is 6.04 Å². The van der Waals surface area contributed by atoms with Gasteiger partial charge in [-0.05, 0) is 24.8 Å². The van der Waals surface area contributed by atoms with Gasteiger partial charge in [-0.3, -0.25) is 9.67 Å². The molecule has 1 aliphatic carbocycles. The molecule has 18 heavy (non-hydrogen) atoms. The summed E-state index contributed by atoms with van der Waals surface area (Å²) >= 11 is 0. The van der Waals surface area contributed by atoms with E-state index in [4.69, 9.17) is 0 Å². The van der Waals surface area contributed by atoms with Crippen molar-refractivity contribution in [2.75, 3.05) is 13.6 Å². The first-order valence-corrected chi connectivity index (χ1v) is 6.15. The molecule has 1 aromatic rings. The largest absolute Gasteiger partial charge is 0.355 e. The molecule has 0 spiro atoms. The minimum atomic E-state index is 0. The van der Waals surface area contributed by atoms with Crippen LogP contribution in [0.3, 0.4) is 0 Å². The van der Waals surface area contributed by atoms with Gasteiger partial charge in [0.1, 0.15) is 0 Å². The molecule has 0 bridgehead atoms. The SMILES string of the molecule is CN=C(NCCn1cc(C)cn1)NC1CC1C.I. The lowest BCUT2D eigenvalue weighted by Crippen LogP contribution is -2.40. The van der Waals surface area contributed by atoms with Gasteiger partial charge in [0.05, 0.1) is 12.7 Å². The molecule has 2 N–H and O–H groups in total. The molecule has 0 saturated heterocycles. The van der Waals surface area contributed by atoms with Crippen molar-refractivity contribution in [2.45, 2.75) is 32.9 Å². The third-order valence-electron chi connectivity index (χ3n) is 3.05. The predicted molar refractivity (Wildman–Crippen MR) is 84.4 cm³/mol. The average molecular weight is 363 g/mol. The van der Waals surface area contributed by atoms with Crippen LogP contribution < -0.4 is 10.6 Å². The molecule has 5 nitrogen and oxygen atoms in total. The van der Waals surface area contributed by atoms with E-state index in [9.17, 15) is 0 Å². The summed E-state index contributed by atoms with van der Waals surface area (Å²) in [7, 11) is 1.81. The maximum atomic E-state index is 4.24. The van der Waals surface area contributed by atoms with Crippen LogP contribution in [0.4, 0.5) is 0 Å². The van der Waals surface area contributed by atoms with Gasteiger partial charge in [0.2, 0.25) is 0 Å². The van der Waals surface area contributed by atoms with Crippen molar-refractivity contribution >= 4 is 29.9 Å². The third kappa shape index (κ3) is 4.47. The quantitative estimate of drug-likeness (QED) is 0.483. The molecular formula is C12H22IN5. The van der Waals surface area contributed by atoms with E-state index in [0.717, 1.165) is 25.0 Å². The van der Waals surface area contributed by atoms with Crippen molar-refractivity contribution in [3.05, 3.63) is 18.0 Å². The van der Waals surface area contributed by atoms with Gasteiger partial charge >= 0.3 is 0 Å². The smallest absolute Gasteiger partial charge is 0.191 e. The zero-order chi connectivity index (χ0) is 12.3. The predicted octanol–water partition coefficient (Wildman–Crippen LogP) is 1.38. The fraction of sp³-hybridized carbons (Fsp3) is 0.667. The Labute approximate surface area is 125 Å². The Balaban J connectivity index is 0.00000162. The molecule has 0 radical (unpaired) electrons. The highest BCUT2D eigenvalue weighted by Crippen LogP contribution is 2.28. The molecule has 2 atom stereocenters. The van der Waals surface area contributed by atoms with Crippen LogP contribution in [0.15, 0.2) is 17.4 Å². The Morgan fingerprint density at radius 1 is 1.61 bits per heavy atom. The van der Waals surface area contributed by atoms with Crippen LogP contribution >= 0.6 is 24.0 Å². The van der Waals surface area contributed by atoms with Crippen molar-refractivity contribution in [1.82, 2.24) is 20.4 Å². The highest BCUT2D eigenvalue weighted by atomic mass is 127. The van der Waals surface area contributed by atoms with Gasteiger partial charge in [-0.25, -0.2) is 0 Å². The minimum Gasteiger partial charge on any atom is -0.355 e. The fourth-order valence-corrected chi connectivity index (χ4v) is 1.77. The monoisotopic (exact) mass is 363 g/mol. The van der Waals surface area contributed by atoms with Crippen LogP contribution in [-0.2, 0) is 6.54 Å². The van der Waals surface area contributed by atoms with Crippen molar-refractivity contribution in [3.8, 4) is 0 Å². The summed E-state index contributed by atoms with van der Waals surface area (Å²) in [4.78, 5) is 4.20. The van der Waals surface area contributed by atoms with Crippen molar-refractivity contribution in [2.24, 2.45) is 10.9 Å². The zero-order valence-electron chi connectivity index (χ0n) is 11.2. The van der Waals surface area contributed by atoms with Crippen LogP contribution in [-0.4, -0.2) is 35.4 Å². The normalized spacial score (nSPS) is 22.3. The standard InChI is InChI=1S/C12H21N5.HI/c1-9-7-15-17(8-9)5-4-14-12(13-3)16-11-6-10(11)2;/h7-8,10-11H,4-6H2,1-3H3,(H2,13,14,16);1H. The number of guanidine groups is 1. The molecule has 1 aromatic heterocycles. The Morgan fingerprint density at radius 2 is 2.33 bits per heavy atom. The maximum Gasteiger partial charge on any atom is 0.191 e. The highest BCUT2D eigenvalue weighted by Gasteiger charge is 2.33. The Hall–Kier alpha value is -0.790. The van der Waals surface area contributed by atoms with Crippen LogP contribution in [0.5, 0.6) is 0 Å². The molecule has 1 fully saturated rings. The zero-order valence-corrected chi connectivity index (χ0v) is 13.5. The third-order valence-corrected chi connectivity index (χ3v) is 3.05. The van der Waals surface area contributed by atoms with E-state index >= 15 is 0 Å². The highest BCUT2D eigenvalue weighted by molar-refractivity contribution is 14.0. The molecule has 0 aromatic carbocycles. The first-order valence-electron chi connectivity index (χ1n) is 6.15. The molecule has 1 saturated carbocycles. The lowest BCUT2D eigenvalue weighted by Gasteiger charge is -2.11. The van der Waals surface area contributed by atoms with Gasteiger partial charge in [-0.2, -0.15) is 5.10 Å². The lowest BCUT2D eigenvalue weighted by atomic mass is 10.4. The molecule has 6 heteroatoms. The second-order valence-electron chi connectivity index (χ2n) is 4.74. The van der Waals surface area contributed by atoms with Crippen molar-refractivity contribution < 1.29 is 0 Å². The summed E-state index contributed by atoms with van der Waals surface area (Å²) in [5.74, 6) is 1.67. The van der Waals surface area contributed by atoms with E-state index in [1.807, 2.05) is 24.0 Å². The van der Waals surface area contributed by atoms with Crippen LogP contribution in [0.1, 0.15) is 18.9 Å². The molecule has 1 aliphatic rings. The van der Waals surface area contributed by atoms with E-state index < -0.39 is 0 Å². The molecule has 2 rings (SSSR count). The van der Waals surface area contributed by atoms with Crippen LogP contribution in [0, 0.1) is 12.8 Å². The first kappa shape index (κ1) is 15.3. The Morgan fingerprint density at radius 3 is 2.83 bits per heavy atom. The topological polar surface area (TPSA) is 54.2 Å². The number of aliphatic imine (C=N–C) groups is 1. The summed E-state index contributed by atoms with van der Waals surface area (Å²) < 4.78 is 1.94. The van der Waals surface area contributed by atoms with Gasteiger partial charge in [-0.15, -0.1) is 24.0 Å². The summed E-state index contributed by atoms with van der Waals surface area (Å²) in [6.07, 6.45) is 5.17. The van der Waals surface area contributed by atoms with Gasteiger partial charge in [-0.1, -0.05) is 6.92 Å². The summed E-state index contributed by atoms with van der Waals surface area (Å²) in [6, 6.07) is 0.605. The number of hydrogen-bond acceptors (Lipinski definition) is 2. The van der Waals surface area contributed by atoms with E-state index in [-0.39, 0.29) is 24.0 Å². The molecular weight excluding hydrogens is 341 g/mol. The van der Waals surface area contributed by atoms with E-state index in [1.165, 1.54) is 12.0 Å². The van der Waals surface area contributed by atoms with Gasteiger partial charge in [0.25, 0.3) is 0 Å². The Kier molecular flexibility index (Phi) is 5.90. The molecule has 102 valence electrons. The van der Waals surface area contributed by atoms with Gasteiger partial charge in [0, 0.05) is 25.8 Å². The van der Waals surface area contributed by atoms with E-state index in [2.05, 4.69) is 27.6 Å². The number of halogens is 1. The van der Waals surface area contributed by atoms with Crippen molar-refractivity contribution in [3.63, 3.8) is 0 Å². The summed E-state index contributed by atoms with van der Waals surface area (Å²) in [5.41, 5.74) is 1.19. The van der Waals surface area contributed by atoms with Gasteiger partial charge in [0.15, 0.2) is 5.96 Å². The Bertz CT molecular complexity index is 401. The number of nitrogens with one attached hydrogen (secondary N) is 2. The number of aromatic nitrogens is 2. The molecule has 0 aliphatic heterocycles. The minimum absolute atomic E-state index is 0. The maximum absolute atomic E-state index is 4.24. The average Bonchev–Trinajstić information content (AvgIpc) is 2.82. The summed E-state index contributed by atoms with van der Waals surface area (Å²) in [6.45, 7) is 5.99. The number of hydrogen-bond donors (Lipinski definition) is 2. The van der Waals surface area contributed by atoms with Crippen molar-refractivity contribution in [1.29, 1.82) is 0 Å². The van der Waals surface area contributed by atoms with E-state index in [1.54, 1.807) is 7.05 Å².